The van der Waals surface area contributed by atoms with E-state index < -0.39 is 17.8 Å². The lowest BCUT2D eigenvalue weighted by atomic mass is 10.1. The Morgan fingerprint density at radius 3 is 2.48 bits per heavy atom. The molecule has 3 N–H and O–H groups in total. The number of hydrogen-bond donors (Lipinski definition) is 3. The van der Waals surface area contributed by atoms with Crippen LogP contribution in [0.4, 0.5) is 0 Å². The summed E-state index contributed by atoms with van der Waals surface area (Å²) < 4.78 is 0.639. The van der Waals surface area contributed by atoms with Gasteiger partial charge in [-0.15, -0.1) is 0 Å². The van der Waals surface area contributed by atoms with E-state index in [2.05, 4.69) is 26.6 Å². The molecule has 1 aromatic rings. The maximum Gasteiger partial charge on any atom is 0.308 e. The van der Waals surface area contributed by atoms with Gasteiger partial charge < -0.3 is 15.7 Å². The van der Waals surface area contributed by atoms with Gasteiger partial charge in [-0.3, -0.25) is 14.4 Å². The summed E-state index contributed by atoms with van der Waals surface area (Å²) in [5.41, 5.74) is 0.433. The lowest BCUT2D eigenvalue weighted by molar-refractivity contribution is -0.141. The maximum atomic E-state index is 11.9. The normalized spacial score (nSPS) is 11.5. The lowest BCUT2D eigenvalue weighted by Gasteiger charge is -2.11. The Balaban J connectivity index is 2.41. The largest absolute Gasteiger partial charge is 0.481 e. The van der Waals surface area contributed by atoms with Crippen molar-refractivity contribution in [3.63, 3.8) is 0 Å². The molecule has 1 rings (SSSR count). The summed E-state index contributed by atoms with van der Waals surface area (Å²) >= 11 is 3.25. The van der Waals surface area contributed by atoms with Crippen LogP contribution in [0.2, 0.25) is 0 Å². The Morgan fingerprint density at radius 2 is 1.90 bits per heavy atom. The smallest absolute Gasteiger partial charge is 0.308 e. The first-order valence-electron chi connectivity index (χ1n) is 6.48. The van der Waals surface area contributed by atoms with E-state index in [0.29, 0.717) is 16.5 Å². The van der Waals surface area contributed by atoms with Crippen LogP contribution in [-0.2, 0) is 9.59 Å². The molecule has 114 valence electrons. The minimum atomic E-state index is -0.949. The molecule has 0 radical (unpaired) electrons. The molecule has 0 spiro atoms. The quantitative estimate of drug-likeness (QED) is 0.688. The van der Waals surface area contributed by atoms with Gasteiger partial charge in [-0.2, -0.15) is 0 Å². The molecule has 0 fully saturated rings. The highest BCUT2D eigenvalue weighted by Crippen LogP contribution is 2.15. The van der Waals surface area contributed by atoms with Gasteiger partial charge in [0.2, 0.25) is 5.91 Å². The van der Waals surface area contributed by atoms with Crippen LogP contribution in [0.3, 0.4) is 0 Å². The van der Waals surface area contributed by atoms with Crippen LogP contribution < -0.4 is 10.6 Å². The highest BCUT2D eigenvalue weighted by Gasteiger charge is 2.16. The predicted molar refractivity (Wildman–Crippen MR) is 80.9 cm³/mol. The predicted octanol–water partition coefficient (Wildman–Crippen LogP) is 1.41. The molecule has 0 bridgehead atoms. The van der Waals surface area contributed by atoms with Crippen LogP contribution in [0.5, 0.6) is 0 Å². The number of carbonyl (C=O) groups is 3. The van der Waals surface area contributed by atoms with Gasteiger partial charge in [-0.1, -0.05) is 19.1 Å². The molecular formula is C14H17BrN2O4. The van der Waals surface area contributed by atoms with Crippen molar-refractivity contribution in [2.45, 2.75) is 13.3 Å². The van der Waals surface area contributed by atoms with Crippen molar-refractivity contribution >= 4 is 33.7 Å². The minimum Gasteiger partial charge on any atom is -0.481 e. The molecule has 0 aliphatic carbocycles. The number of carboxylic acid groups (broad SMARTS) is 1. The van der Waals surface area contributed by atoms with Crippen LogP contribution in [0.1, 0.15) is 23.7 Å². The molecule has 1 aromatic carbocycles. The Labute approximate surface area is 131 Å². The summed E-state index contributed by atoms with van der Waals surface area (Å²) in [6.45, 7) is 1.59. The zero-order chi connectivity index (χ0) is 15.8. The standard InChI is InChI=1S/C14H17BrN2O4/c1-2-9(14(20)21)7-16-12(18)8-17-13(19)10-5-3-4-6-11(10)15/h3-6,9H,2,7-8H2,1H3,(H,16,18)(H,17,19)(H,20,21). The third-order valence-corrected chi connectivity index (χ3v) is 3.61. The number of benzene rings is 1. The van der Waals surface area contributed by atoms with Gasteiger partial charge in [0.25, 0.3) is 5.91 Å². The number of carbonyl (C=O) groups excluding carboxylic acids is 2. The van der Waals surface area contributed by atoms with Crippen LogP contribution in [0.15, 0.2) is 28.7 Å². The van der Waals surface area contributed by atoms with Crippen molar-refractivity contribution in [1.82, 2.24) is 10.6 Å². The number of nitrogens with one attached hydrogen (secondary N) is 2. The third kappa shape index (κ3) is 5.55. The zero-order valence-corrected chi connectivity index (χ0v) is 13.1. The minimum absolute atomic E-state index is 0.0512. The summed E-state index contributed by atoms with van der Waals surface area (Å²) in [5, 5.41) is 13.8. The maximum absolute atomic E-state index is 11.9. The van der Waals surface area contributed by atoms with Crippen LogP contribution in [0.25, 0.3) is 0 Å². The topological polar surface area (TPSA) is 95.5 Å². The number of halogens is 1. The summed E-state index contributed by atoms with van der Waals surface area (Å²) in [5.74, 6) is -2.36. The van der Waals surface area contributed by atoms with Gasteiger partial charge in [0.05, 0.1) is 18.0 Å². The average Bonchev–Trinajstić information content (AvgIpc) is 2.45. The van der Waals surface area contributed by atoms with Crippen LogP contribution >= 0.6 is 15.9 Å². The fourth-order valence-electron chi connectivity index (χ4n) is 1.61. The Hall–Kier alpha value is -1.89. The summed E-state index contributed by atoms with van der Waals surface area (Å²) in [7, 11) is 0. The molecule has 0 aliphatic rings. The monoisotopic (exact) mass is 356 g/mol. The van der Waals surface area contributed by atoms with E-state index in [9.17, 15) is 14.4 Å². The number of rotatable bonds is 7. The average molecular weight is 357 g/mol. The van der Waals surface area contributed by atoms with Gasteiger partial charge in [0.15, 0.2) is 0 Å². The first-order valence-corrected chi connectivity index (χ1v) is 7.27. The van der Waals surface area contributed by atoms with E-state index in [1.807, 2.05) is 0 Å². The first kappa shape index (κ1) is 17.2. The molecule has 2 amide bonds. The second kappa shape index (κ2) is 8.41. The number of carboxylic acids is 1. The zero-order valence-electron chi connectivity index (χ0n) is 11.6. The second-order valence-electron chi connectivity index (χ2n) is 4.41. The van der Waals surface area contributed by atoms with Crippen LogP contribution in [-0.4, -0.2) is 36.0 Å². The molecule has 1 atom stereocenters. The number of amides is 2. The Bertz CT molecular complexity index is 533. The van der Waals surface area contributed by atoms with Crippen molar-refractivity contribution in [2.75, 3.05) is 13.1 Å². The SMILES string of the molecule is CCC(CNC(=O)CNC(=O)c1ccccc1Br)C(=O)O. The van der Waals surface area contributed by atoms with E-state index in [1.54, 1.807) is 31.2 Å². The second-order valence-corrected chi connectivity index (χ2v) is 5.26. The molecule has 0 saturated heterocycles. The fourth-order valence-corrected chi connectivity index (χ4v) is 2.07. The van der Waals surface area contributed by atoms with Crippen molar-refractivity contribution < 1.29 is 19.5 Å². The highest BCUT2D eigenvalue weighted by atomic mass is 79.9. The van der Waals surface area contributed by atoms with Crippen molar-refractivity contribution in [1.29, 1.82) is 0 Å². The van der Waals surface area contributed by atoms with Gasteiger partial charge >= 0.3 is 5.97 Å². The number of aliphatic carboxylic acids is 1. The Morgan fingerprint density at radius 1 is 1.24 bits per heavy atom. The Kier molecular flexibility index (Phi) is 6.87. The van der Waals surface area contributed by atoms with Crippen molar-refractivity contribution in [2.24, 2.45) is 5.92 Å². The molecule has 21 heavy (non-hydrogen) atoms. The molecule has 6 nitrogen and oxygen atoms in total. The molecular weight excluding hydrogens is 340 g/mol. The van der Waals surface area contributed by atoms with Gasteiger partial charge in [0.1, 0.15) is 0 Å². The van der Waals surface area contributed by atoms with Gasteiger partial charge in [-0.25, -0.2) is 0 Å². The summed E-state index contributed by atoms with van der Waals surface area (Å²) in [6.07, 6.45) is 0.429. The third-order valence-electron chi connectivity index (χ3n) is 2.92. The number of hydrogen-bond acceptors (Lipinski definition) is 3. The van der Waals surface area contributed by atoms with Gasteiger partial charge in [-0.05, 0) is 34.5 Å². The van der Waals surface area contributed by atoms with E-state index in [4.69, 9.17) is 5.11 Å². The first-order chi connectivity index (χ1) is 9.95. The molecule has 0 aromatic heterocycles. The van der Waals surface area contributed by atoms with E-state index in [-0.39, 0.29) is 19.0 Å². The molecule has 1 unspecified atom stereocenters. The van der Waals surface area contributed by atoms with E-state index in [1.165, 1.54) is 0 Å². The fraction of sp³-hybridized carbons (Fsp3) is 0.357. The molecule has 0 saturated carbocycles. The van der Waals surface area contributed by atoms with Gasteiger partial charge in [0, 0.05) is 11.0 Å². The summed E-state index contributed by atoms with van der Waals surface area (Å²) in [4.78, 5) is 34.2. The molecule has 0 heterocycles. The lowest BCUT2D eigenvalue weighted by Crippen LogP contribution is -2.40. The molecule has 0 aliphatic heterocycles. The van der Waals surface area contributed by atoms with E-state index in [0.717, 1.165) is 0 Å². The summed E-state index contributed by atoms with van der Waals surface area (Å²) in [6, 6.07) is 6.87. The van der Waals surface area contributed by atoms with Crippen LogP contribution in [0, 0.1) is 5.92 Å². The van der Waals surface area contributed by atoms with Crippen molar-refractivity contribution in [3.8, 4) is 0 Å². The highest BCUT2D eigenvalue weighted by molar-refractivity contribution is 9.10. The molecule has 7 heteroatoms. The van der Waals surface area contributed by atoms with E-state index >= 15 is 0 Å². The van der Waals surface area contributed by atoms with Crippen molar-refractivity contribution in [3.05, 3.63) is 34.3 Å².